The number of urea groups is 1. The number of rotatable bonds is 4. The predicted octanol–water partition coefficient (Wildman–Crippen LogP) is 2.50. The minimum Gasteiger partial charge on any atom is -0.369 e. The average Bonchev–Trinajstić information content (AvgIpc) is 3.13. The molecule has 1 aromatic rings. The molecular weight excluding hydrogens is 297 g/mol. The fourth-order valence-corrected chi connectivity index (χ4v) is 2.86. The molecule has 0 spiro atoms. The van der Waals surface area contributed by atoms with Crippen molar-refractivity contribution < 1.29 is 14.0 Å². The van der Waals surface area contributed by atoms with E-state index in [1.807, 2.05) is 4.90 Å². The third kappa shape index (κ3) is 2.97. The Bertz CT molecular complexity index is 693. The fourth-order valence-electron chi connectivity index (χ4n) is 2.86. The molecule has 0 bridgehead atoms. The minimum atomic E-state index is -0.490. The van der Waals surface area contributed by atoms with Crippen LogP contribution in [0.25, 0.3) is 6.08 Å². The summed E-state index contributed by atoms with van der Waals surface area (Å²) in [5, 5.41) is 2.49. The standard InChI is InChI=1S/C17H18FN3O2/c1-2-7-21-16(22)14(19-17(21)23)11-12-5-6-15(13(18)10-12)20-8-3-4-9-20/h2,5-6,10-11H,1,3-4,7-9H2,(H,19,23)/b14-11+. The first kappa shape index (κ1) is 15.3. The van der Waals surface area contributed by atoms with Gasteiger partial charge in [-0.05, 0) is 36.6 Å². The number of hydrogen-bond donors (Lipinski definition) is 1. The van der Waals surface area contributed by atoms with Gasteiger partial charge in [0.15, 0.2) is 0 Å². The zero-order valence-corrected chi connectivity index (χ0v) is 12.7. The molecule has 0 radical (unpaired) electrons. The van der Waals surface area contributed by atoms with Gasteiger partial charge in [-0.25, -0.2) is 9.18 Å². The van der Waals surface area contributed by atoms with Crippen molar-refractivity contribution in [1.82, 2.24) is 10.2 Å². The van der Waals surface area contributed by atoms with E-state index in [2.05, 4.69) is 11.9 Å². The van der Waals surface area contributed by atoms with Gasteiger partial charge in [0.05, 0.1) is 5.69 Å². The first-order valence-electron chi connectivity index (χ1n) is 7.60. The highest BCUT2D eigenvalue weighted by molar-refractivity contribution is 6.14. The van der Waals surface area contributed by atoms with Gasteiger partial charge in [-0.1, -0.05) is 12.1 Å². The van der Waals surface area contributed by atoms with Crippen LogP contribution < -0.4 is 10.2 Å². The summed E-state index contributed by atoms with van der Waals surface area (Å²) in [7, 11) is 0. The third-order valence-corrected chi connectivity index (χ3v) is 4.00. The second kappa shape index (κ2) is 6.24. The van der Waals surface area contributed by atoms with Gasteiger partial charge in [0.2, 0.25) is 0 Å². The number of hydrogen-bond acceptors (Lipinski definition) is 3. The number of halogens is 1. The van der Waals surface area contributed by atoms with Gasteiger partial charge < -0.3 is 10.2 Å². The molecule has 1 N–H and O–H groups in total. The molecule has 3 amide bonds. The number of carbonyl (C=O) groups excluding carboxylic acids is 2. The first-order chi connectivity index (χ1) is 11.1. The van der Waals surface area contributed by atoms with Gasteiger partial charge in [0.25, 0.3) is 5.91 Å². The van der Waals surface area contributed by atoms with E-state index in [4.69, 9.17) is 0 Å². The lowest BCUT2D eigenvalue weighted by Gasteiger charge is -2.18. The highest BCUT2D eigenvalue weighted by Crippen LogP contribution is 2.25. The second-order valence-electron chi connectivity index (χ2n) is 5.60. The summed E-state index contributed by atoms with van der Waals surface area (Å²) in [5.41, 5.74) is 1.26. The Balaban J connectivity index is 1.82. The molecule has 1 aromatic carbocycles. The average molecular weight is 315 g/mol. The van der Waals surface area contributed by atoms with Crippen LogP contribution in [0.15, 0.2) is 36.6 Å². The second-order valence-corrected chi connectivity index (χ2v) is 5.60. The van der Waals surface area contributed by atoms with Crippen molar-refractivity contribution in [1.29, 1.82) is 0 Å². The Kier molecular flexibility index (Phi) is 4.14. The van der Waals surface area contributed by atoms with E-state index >= 15 is 0 Å². The first-order valence-corrected chi connectivity index (χ1v) is 7.60. The topological polar surface area (TPSA) is 52.7 Å². The summed E-state index contributed by atoms with van der Waals surface area (Å²) in [6.07, 6.45) is 5.11. The maximum Gasteiger partial charge on any atom is 0.329 e. The van der Waals surface area contributed by atoms with E-state index in [0.29, 0.717) is 11.3 Å². The van der Waals surface area contributed by atoms with Crippen LogP contribution in [-0.4, -0.2) is 36.5 Å². The van der Waals surface area contributed by atoms with Crippen molar-refractivity contribution in [3.8, 4) is 0 Å². The monoisotopic (exact) mass is 315 g/mol. The number of imide groups is 1. The van der Waals surface area contributed by atoms with E-state index in [9.17, 15) is 14.0 Å². The molecule has 120 valence electrons. The summed E-state index contributed by atoms with van der Waals surface area (Å²) in [6.45, 7) is 5.38. The number of nitrogens with one attached hydrogen (secondary N) is 1. The van der Waals surface area contributed by atoms with Crippen LogP contribution >= 0.6 is 0 Å². The quantitative estimate of drug-likeness (QED) is 0.528. The van der Waals surface area contributed by atoms with Crippen molar-refractivity contribution in [2.75, 3.05) is 24.5 Å². The molecule has 6 heteroatoms. The highest BCUT2D eigenvalue weighted by Gasteiger charge is 2.32. The van der Waals surface area contributed by atoms with E-state index < -0.39 is 11.9 Å². The number of amides is 3. The molecule has 2 fully saturated rings. The van der Waals surface area contributed by atoms with Gasteiger partial charge in [-0.3, -0.25) is 9.69 Å². The SMILES string of the molecule is C=CCN1C(=O)N/C(=C/c2ccc(N3CCCC3)c(F)c2)C1=O. The summed E-state index contributed by atoms with van der Waals surface area (Å²) in [5.74, 6) is -0.750. The maximum atomic E-state index is 14.3. The number of carbonyl (C=O) groups is 2. The molecule has 5 nitrogen and oxygen atoms in total. The molecule has 2 heterocycles. The molecule has 0 atom stereocenters. The molecule has 2 aliphatic heterocycles. The van der Waals surface area contributed by atoms with Crippen LogP contribution in [0, 0.1) is 5.82 Å². The normalized spacial score (nSPS) is 19.6. The number of anilines is 1. The van der Waals surface area contributed by atoms with Crippen LogP contribution in [0.3, 0.4) is 0 Å². The highest BCUT2D eigenvalue weighted by atomic mass is 19.1. The van der Waals surface area contributed by atoms with E-state index in [-0.39, 0.29) is 18.1 Å². The van der Waals surface area contributed by atoms with Gasteiger partial charge >= 0.3 is 6.03 Å². The van der Waals surface area contributed by atoms with Crippen molar-refractivity contribution >= 4 is 23.7 Å². The zero-order chi connectivity index (χ0) is 16.4. The lowest BCUT2D eigenvalue weighted by Crippen LogP contribution is -2.30. The predicted molar refractivity (Wildman–Crippen MR) is 86.3 cm³/mol. The van der Waals surface area contributed by atoms with Crippen LogP contribution in [0.5, 0.6) is 0 Å². The van der Waals surface area contributed by atoms with E-state index in [0.717, 1.165) is 30.8 Å². The van der Waals surface area contributed by atoms with Crippen LogP contribution in [0.4, 0.5) is 14.9 Å². The van der Waals surface area contributed by atoms with Crippen molar-refractivity contribution in [2.24, 2.45) is 0 Å². The van der Waals surface area contributed by atoms with Gasteiger partial charge in [-0.15, -0.1) is 6.58 Å². The van der Waals surface area contributed by atoms with E-state index in [1.165, 1.54) is 18.2 Å². The molecule has 2 aliphatic rings. The lowest BCUT2D eigenvalue weighted by molar-refractivity contribution is -0.122. The summed E-state index contributed by atoms with van der Waals surface area (Å²) in [6, 6.07) is 4.36. The number of nitrogens with zero attached hydrogens (tertiary/aromatic N) is 2. The van der Waals surface area contributed by atoms with Gasteiger partial charge in [-0.2, -0.15) is 0 Å². The Morgan fingerprint density at radius 3 is 2.65 bits per heavy atom. The Morgan fingerprint density at radius 2 is 2.00 bits per heavy atom. The molecule has 0 saturated carbocycles. The van der Waals surface area contributed by atoms with Crippen molar-refractivity contribution in [2.45, 2.75) is 12.8 Å². The zero-order valence-electron chi connectivity index (χ0n) is 12.7. The van der Waals surface area contributed by atoms with Crippen LogP contribution in [-0.2, 0) is 4.79 Å². The van der Waals surface area contributed by atoms with Gasteiger partial charge in [0.1, 0.15) is 11.5 Å². The maximum absolute atomic E-state index is 14.3. The molecule has 2 saturated heterocycles. The van der Waals surface area contributed by atoms with Gasteiger partial charge in [0, 0.05) is 19.6 Å². The number of benzene rings is 1. The summed E-state index contributed by atoms with van der Waals surface area (Å²) >= 11 is 0. The molecule has 3 rings (SSSR count). The smallest absolute Gasteiger partial charge is 0.329 e. The van der Waals surface area contributed by atoms with Crippen molar-refractivity contribution in [3.05, 3.63) is 47.9 Å². The molecular formula is C17H18FN3O2. The Labute approximate surface area is 134 Å². The van der Waals surface area contributed by atoms with E-state index in [1.54, 1.807) is 12.1 Å². The molecule has 0 aliphatic carbocycles. The fraction of sp³-hybridized carbons (Fsp3) is 0.294. The lowest BCUT2D eigenvalue weighted by atomic mass is 10.1. The Hall–Kier alpha value is -2.63. The largest absolute Gasteiger partial charge is 0.369 e. The van der Waals surface area contributed by atoms with Crippen LogP contribution in [0.2, 0.25) is 0 Å². The summed E-state index contributed by atoms with van der Waals surface area (Å²) < 4.78 is 14.3. The summed E-state index contributed by atoms with van der Waals surface area (Å²) in [4.78, 5) is 26.9. The molecule has 0 aromatic heterocycles. The van der Waals surface area contributed by atoms with Crippen molar-refractivity contribution in [3.63, 3.8) is 0 Å². The molecule has 23 heavy (non-hydrogen) atoms. The molecule has 0 unspecified atom stereocenters. The van der Waals surface area contributed by atoms with Crippen LogP contribution in [0.1, 0.15) is 18.4 Å². The minimum absolute atomic E-state index is 0.143. The Morgan fingerprint density at radius 1 is 1.26 bits per heavy atom. The third-order valence-electron chi connectivity index (χ3n) is 4.00.